The molecule has 3 nitrogen and oxygen atoms in total. The number of rotatable bonds is 4. The first-order chi connectivity index (χ1) is 10.2. The van der Waals surface area contributed by atoms with Gasteiger partial charge in [0.1, 0.15) is 5.82 Å². The van der Waals surface area contributed by atoms with Crippen LogP contribution in [0.15, 0.2) is 12.1 Å². The predicted molar refractivity (Wildman–Crippen MR) is 89.4 cm³/mol. The maximum atomic E-state index is 13.8. The first kappa shape index (κ1) is 15.3. The van der Waals surface area contributed by atoms with Gasteiger partial charge in [-0.2, -0.15) is 23.5 Å². The first-order valence-electron chi connectivity index (χ1n) is 6.71. The van der Waals surface area contributed by atoms with E-state index in [0.29, 0.717) is 16.6 Å². The highest BCUT2D eigenvalue weighted by atomic mass is 35.5. The van der Waals surface area contributed by atoms with Gasteiger partial charge in [-0.3, -0.25) is 0 Å². The Bertz CT molecular complexity index is 643. The van der Waals surface area contributed by atoms with Gasteiger partial charge in [-0.25, -0.2) is 9.37 Å². The minimum Gasteiger partial charge on any atom is -0.494 e. The molecule has 1 unspecified atom stereocenters. The second-order valence-corrected chi connectivity index (χ2v) is 7.64. The molecule has 0 aliphatic carbocycles. The summed E-state index contributed by atoms with van der Waals surface area (Å²) in [5.74, 6) is 4.49. The van der Waals surface area contributed by atoms with E-state index in [0.717, 1.165) is 23.6 Å². The van der Waals surface area contributed by atoms with Crippen molar-refractivity contribution in [3.8, 4) is 5.75 Å². The minimum atomic E-state index is -0.390. The molecule has 3 rings (SSSR count). The molecule has 1 aromatic heterocycles. The van der Waals surface area contributed by atoms with Crippen LogP contribution in [0.3, 0.4) is 0 Å². The molecule has 1 atom stereocenters. The number of aromatic nitrogens is 2. The lowest BCUT2D eigenvalue weighted by atomic mass is 10.2. The molecule has 0 saturated carbocycles. The normalized spacial score (nSPS) is 19.1. The van der Waals surface area contributed by atoms with Crippen molar-refractivity contribution in [3.05, 3.63) is 23.8 Å². The average molecular weight is 347 g/mol. The fourth-order valence-corrected chi connectivity index (χ4v) is 5.34. The maximum absolute atomic E-state index is 13.8. The number of hydrogen-bond acceptors (Lipinski definition) is 4. The number of nitrogens with zero attached hydrogens (tertiary/aromatic N) is 2. The third-order valence-electron chi connectivity index (χ3n) is 3.49. The predicted octanol–water partition coefficient (Wildman–Crippen LogP) is 3.77. The van der Waals surface area contributed by atoms with Crippen LogP contribution >= 0.6 is 35.1 Å². The number of fused-ring (bicyclic) bond motifs is 1. The molecule has 1 saturated heterocycles. The molecule has 1 fully saturated rings. The highest BCUT2D eigenvalue weighted by Gasteiger charge is 2.20. The van der Waals surface area contributed by atoms with Crippen molar-refractivity contribution < 1.29 is 9.13 Å². The van der Waals surface area contributed by atoms with Crippen LogP contribution in [0.1, 0.15) is 5.82 Å². The fourth-order valence-electron chi connectivity index (χ4n) is 2.48. The molecule has 2 aromatic rings. The summed E-state index contributed by atoms with van der Waals surface area (Å²) in [4.78, 5) is 4.45. The summed E-state index contributed by atoms with van der Waals surface area (Å²) >= 11 is 9.98. The summed E-state index contributed by atoms with van der Waals surface area (Å²) in [6, 6.07) is 3.14. The van der Waals surface area contributed by atoms with Gasteiger partial charge in [-0.05, 0) is 0 Å². The van der Waals surface area contributed by atoms with E-state index in [9.17, 15) is 4.39 Å². The van der Waals surface area contributed by atoms with Crippen LogP contribution in [0, 0.1) is 5.82 Å². The van der Waals surface area contributed by atoms with Crippen molar-refractivity contribution >= 4 is 46.2 Å². The van der Waals surface area contributed by atoms with Crippen LogP contribution in [-0.4, -0.2) is 39.2 Å². The Balaban J connectivity index is 2.01. The Hall–Kier alpha value is -0.590. The molecule has 7 heteroatoms. The van der Waals surface area contributed by atoms with E-state index in [2.05, 4.69) is 9.55 Å². The summed E-state index contributed by atoms with van der Waals surface area (Å²) in [5.41, 5.74) is 1.53. The van der Waals surface area contributed by atoms with E-state index in [1.165, 1.54) is 24.7 Å². The Labute approximate surface area is 136 Å². The molecule has 0 amide bonds. The van der Waals surface area contributed by atoms with Crippen molar-refractivity contribution in [3.63, 3.8) is 0 Å². The molecule has 114 valence electrons. The van der Waals surface area contributed by atoms with Crippen LogP contribution < -0.4 is 4.74 Å². The molecule has 2 heterocycles. The maximum Gasteiger partial charge on any atom is 0.167 e. The molecule has 1 aromatic carbocycles. The Morgan fingerprint density at radius 3 is 3.00 bits per heavy atom. The van der Waals surface area contributed by atoms with Crippen LogP contribution in [0.5, 0.6) is 5.75 Å². The molecule has 1 aliphatic rings. The van der Waals surface area contributed by atoms with Crippen molar-refractivity contribution in [1.29, 1.82) is 0 Å². The average Bonchev–Trinajstić information content (AvgIpc) is 2.84. The van der Waals surface area contributed by atoms with E-state index in [1.54, 1.807) is 6.07 Å². The standard InChI is InChI=1S/C14H16ClFN2OS2/c1-19-13-5-12-11(4-10(13)16)17-14(6-15)18(12)7-9-8-20-2-3-21-9/h4-5,9H,2-3,6-8H2,1H3. The number of hydrogen-bond donors (Lipinski definition) is 0. The van der Waals surface area contributed by atoms with Gasteiger partial charge in [-0.1, -0.05) is 0 Å². The van der Waals surface area contributed by atoms with Gasteiger partial charge < -0.3 is 9.30 Å². The van der Waals surface area contributed by atoms with Crippen LogP contribution in [0.25, 0.3) is 11.0 Å². The molecule has 0 radical (unpaired) electrons. The van der Waals surface area contributed by atoms with E-state index in [1.807, 2.05) is 23.5 Å². The van der Waals surface area contributed by atoms with Crippen molar-refractivity contribution in [2.45, 2.75) is 17.7 Å². The smallest absolute Gasteiger partial charge is 0.167 e. The van der Waals surface area contributed by atoms with Crippen LogP contribution in [0.2, 0.25) is 0 Å². The molecule has 0 bridgehead atoms. The highest BCUT2D eigenvalue weighted by Crippen LogP contribution is 2.30. The molecular weight excluding hydrogens is 331 g/mol. The van der Waals surface area contributed by atoms with Crippen LogP contribution in [-0.2, 0) is 12.4 Å². The lowest BCUT2D eigenvalue weighted by molar-refractivity contribution is 0.387. The summed E-state index contributed by atoms with van der Waals surface area (Å²) in [7, 11) is 1.47. The Kier molecular flexibility index (Phi) is 4.86. The van der Waals surface area contributed by atoms with Crippen molar-refractivity contribution in [2.75, 3.05) is 24.4 Å². The van der Waals surface area contributed by atoms with Gasteiger partial charge >= 0.3 is 0 Å². The lowest BCUT2D eigenvalue weighted by Crippen LogP contribution is -2.21. The SMILES string of the molecule is COc1cc2c(cc1F)nc(CCl)n2CC1CSCCS1. The Morgan fingerprint density at radius 1 is 1.48 bits per heavy atom. The number of ether oxygens (including phenoxy) is 1. The van der Waals surface area contributed by atoms with E-state index < -0.39 is 5.82 Å². The quantitative estimate of drug-likeness (QED) is 0.787. The molecule has 21 heavy (non-hydrogen) atoms. The molecular formula is C14H16ClFN2OS2. The third-order valence-corrected chi connectivity index (χ3v) is 6.56. The second kappa shape index (κ2) is 6.67. The zero-order chi connectivity index (χ0) is 14.8. The summed E-state index contributed by atoms with van der Waals surface area (Å²) in [6.07, 6.45) is 0. The fraction of sp³-hybridized carbons (Fsp3) is 0.500. The van der Waals surface area contributed by atoms with Gasteiger partial charge in [0.05, 0.1) is 24.0 Å². The van der Waals surface area contributed by atoms with Gasteiger partial charge in [0, 0.05) is 41.2 Å². The number of benzene rings is 1. The zero-order valence-corrected chi connectivity index (χ0v) is 14.0. The highest BCUT2D eigenvalue weighted by molar-refractivity contribution is 8.06. The number of methoxy groups -OCH3 is 1. The molecule has 1 aliphatic heterocycles. The van der Waals surface area contributed by atoms with Crippen molar-refractivity contribution in [1.82, 2.24) is 9.55 Å². The largest absolute Gasteiger partial charge is 0.494 e. The third kappa shape index (κ3) is 3.12. The summed E-state index contributed by atoms with van der Waals surface area (Å²) in [5, 5.41) is 0.541. The monoisotopic (exact) mass is 346 g/mol. The molecule has 0 N–H and O–H groups in total. The van der Waals surface area contributed by atoms with E-state index >= 15 is 0 Å². The Morgan fingerprint density at radius 2 is 2.33 bits per heavy atom. The summed E-state index contributed by atoms with van der Waals surface area (Å²) < 4.78 is 21.0. The van der Waals surface area contributed by atoms with Crippen molar-refractivity contribution in [2.24, 2.45) is 0 Å². The van der Waals surface area contributed by atoms with E-state index in [4.69, 9.17) is 16.3 Å². The molecule has 0 spiro atoms. The van der Waals surface area contributed by atoms with Gasteiger partial charge in [0.2, 0.25) is 0 Å². The van der Waals surface area contributed by atoms with E-state index in [-0.39, 0.29) is 5.75 Å². The summed E-state index contributed by atoms with van der Waals surface area (Å²) in [6.45, 7) is 0.852. The lowest BCUT2D eigenvalue weighted by Gasteiger charge is -2.22. The minimum absolute atomic E-state index is 0.246. The topological polar surface area (TPSA) is 27.1 Å². The number of thioether (sulfide) groups is 2. The van der Waals surface area contributed by atoms with Gasteiger partial charge in [0.15, 0.2) is 11.6 Å². The number of halogens is 2. The second-order valence-electron chi connectivity index (χ2n) is 4.82. The van der Waals surface area contributed by atoms with Gasteiger partial charge in [-0.15, -0.1) is 11.6 Å². The number of imidazole rings is 1. The van der Waals surface area contributed by atoms with Gasteiger partial charge in [0.25, 0.3) is 0 Å². The number of alkyl halides is 1. The zero-order valence-electron chi connectivity index (χ0n) is 11.6. The first-order valence-corrected chi connectivity index (χ1v) is 9.44. The van der Waals surface area contributed by atoms with Crippen LogP contribution in [0.4, 0.5) is 4.39 Å².